The number of benzene rings is 13. The molecule has 0 amide bonds. The third-order valence-electron chi connectivity index (χ3n) is 18.1. The van der Waals surface area contributed by atoms with Crippen LogP contribution in [-0.2, 0) is 6.18 Å². The summed E-state index contributed by atoms with van der Waals surface area (Å²) in [5, 5.41) is 0. The average molecular weight is 1200 g/mol. The van der Waals surface area contributed by atoms with Crippen molar-refractivity contribution in [1.82, 2.24) is 0 Å². The van der Waals surface area contributed by atoms with Crippen molar-refractivity contribution in [1.29, 1.82) is 0 Å². The van der Waals surface area contributed by atoms with Crippen molar-refractivity contribution in [2.24, 2.45) is 0 Å². The maximum absolute atomic E-state index is 18.5. The Bertz CT molecular complexity index is 4880. The number of rotatable bonds is 10. The van der Waals surface area contributed by atoms with Crippen molar-refractivity contribution in [2.45, 2.75) is 16.0 Å². The predicted octanol–water partition coefficient (Wildman–Crippen LogP) is 18.3. The maximum atomic E-state index is 18.5. The number of hydrogen-bond donors (Lipinski definition) is 0. The second kappa shape index (κ2) is 21.7. The maximum Gasteiger partial charge on any atom is 0.419 e. The van der Waals surface area contributed by atoms with E-state index in [0.29, 0.717) is 38.3 Å². The van der Waals surface area contributed by atoms with E-state index in [2.05, 4.69) is 117 Å². The first-order chi connectivity index (χ1) is 44.8. The molecule has 0 saturated heterocycles. The molecule has 4 aliphatic heterocycles. The number of para-hydroxylation sites is 9. The van der Waals surface area contributed by atoms with E-state index >= 15 is 17.6 Å². The van der Waals surface area contributed by atoms with Gasteiger partial charge in [-0.25, -0.2) is 4.39 Å². The molecule has 0 radical (unpaired) electrons. The molecule has 0 N–H and O–H groups in total. The van der Waals surface area contributed by atoms with E-state index in [1.165, 1.54) is 6.07 Å². The molecule has 4 aliphatic rings. The van der Waals surface area contributed by atoms with Crippen LogP contribution in [-0.4, -0.2) is 13.4 Å². The lowest BCUT2D eigenvalue weighted by atomic mass is 9.30. The first-order valence-electron chi connectivity index (χ1n) is 30.4. The summed E-state index contributed by atoms with van der Waals surface area (Å²) in [5.41, 5.74) is 14.7. The topological polar surface area (TPSA) is 16.2 Å². The third kappa shape index (κ3) is 8.79. The smallest absolute Gasteiger partial charge is 0.311 e. The van der Waals surface area contributed by atoms with Crippen LogP contribution in [0.4, 0.5) is 103 Å². The molecule has 0 aromatic heterocycles. The lowest BCUT2D eigenvalue weighted by molar-refractivity contribution is -0.139. The third-order valence-corrected chi connectivity index (χ3v) is 19.3. The van der Waals surface area contributed by atoms with Crippen LogP contribution in [0.25, 0.3) is 11.1 Å². The number of halogens is 4. The zero-order valence-electron chi connectivity index (χ0n) is 48.8. The van der Waals surface area contributed by atoms with E-state index < -0.39 is 31.0 Å². The Kier molecular flexibility index (Phi) is 12.9. The fourth-order valence-corrected chi connectivity index (χ4v) is 15.8. The van der Waals surface area contributed by atoms with Crippen LogP contribution < -0.4 is 57.3 Å². The van der Waals surface area contributed by atoms with E-state index in [1.54, 1.807) is 11.0 Å². The van der Waals surface area contributed by atoms with E-state index in [0.717, 1.165) is 96.2 Å². The van der Waals surface area contributed by atoms with Gasteiger partial charge in [0.15, 0.2) is 0 Å². The lowest BCUT2D eigenvalue weighted by Crippen LogP contribution is -2.65. The summed E-state index contributed by atoms with van der Waals surface area (Å²) in [4.78, 5) is 11.2. The largest absolute Gasteiger partial charge is 0.419 e. The van der Waals surface area contributed by atoms with Gasteiger partial charge in [-0.2, -0.15) is 13.2 Å². The van der Waals surface area contributed by atoms with E-state index in [-0.39, 0.29) is 16.3 Å². The van der Waals surface area contributed by atoms with Crippen molar-refractivity contribution in [3.05, 3.63) is 321 Å². The molecule has 0 bridgehead atoms. The normalized spacial score (nSPS) is 13.1. The van der Waals surface area contributed by atoms with E-state index in [4.69, 9.17) is 0 Å². The highest BCUT2D eigenvalue weighted by Gasteiger charge is 2.53. The lowest BCUT2D eigenvalue weighted by Gasteiger charge is -2.47. The first kappa shape index (κ1) is 54.2. The van der Waals surface area contributed by atoms with Gasteiger partial charge in [0.2, 0.25) is 6.71 Å². The average Bonchev–Trinajstić information content (AvgIpc) is 0.767. The monoisotopic (exact) mass is 1200 g/mol. The molecule has 91 heavy (non-hydrogen) atoms. The standard InChI is InChI=1S/C79H51B2F4N5S/c82-66-44-26-41-61(52-27-8-1-9-28-52)76(66)90-70-48-59(86(53-29-10-2-11-30-53)54-31-12-3-13-32-54)47-69-74(70)80(62-42-22-24-45-67(62)88(69)57-37-18-6-19-38-57)64-51-65-78(73(77(64)90)79(83,84)85)91-72-50-60(87(55-33-14-4-15-34-55)56-35-16-5-17-36-56)49-71-75(72)81(65)63-43-23-25-46-68(63)89(71)58-39-20-7-21-40-58/h1-51H. The van der Waals surface area contributed by atoms with Crippen molar-refractivity contribution in [3.63, 3.8) is 0 Å². The van der Waals surface area contributed by atoms with Crippen LogP contribution in [0.5, 0.6) is 0 Å². The van der Waals surface area contributed by atoms with Crippen molar-refractivity contribution in [3.8, 4) is 11.1 Å². The van der Waals surface area contributed by atoms with Gasteiger partial charge < -0.3 is 24.5 Å². The Balaban J connectivity index is 1.02. The zero-order valence-corrected chi connectivity index (χ0v) is 49.6. The molecule has 432 valence electrons. The molecule has 13 aromatic carbocycles. The van der Waals surface area contributed by atoms with Gasteiger partial charge in [0.05, 0.1) is 22.6 Å². The van der Waals surface area contributed by atoms with E-state index in [9.17, 15) is 0 Å². The quantitative estimate of drug-likeness (QED) is 0.0995. The minimum absolute atomic E-state index is 0.00273. The van der Waals surface area contributed by atoms with Crippen molar-refractivity contribution >= 4 is 143 Å². The Morgan fingerprint density at radius 1 is 0.330 bits per heavy atom. The predicted molar refractivity (Wildman–Crippen MR) is 370 cm³/mol. The summed E-state index contributed by atoms with van der Waals surface area (Å²) in [5.74, 6) is -0.675. The zero-order chi connectivity index (χ0) is 60.9. The first-order valence-corrected chi connectivity index (χ1v) is 31.2. The van der Waals surface area contributed by atoms with Crippen molar-refractivity contribution < 1.29 is 17.6 Å². The summed E-state index contributed by atoms with van der Waals surface area (Å²) >= 11 is 1.15. The molecule has 0 unspecified atom stereocenters. The molecule has 12 heteroatoms. The molecule has 0 fully saturated rings. The summed E-state index contributed by atoms with van der Waals surface area (Å²) in [7, 11) is 0. The molecular weight excluding hydrogens is 1150 g/mol. The van der Waals surface area contributed by atoms with Gasteiger partial charge in [0.1, 0.15) is 5.82 Å². The van der Waals surface area contributed by atoms with Crippen molar-refractivity contribution in [2.75, 3.05) is 24.5 Å². The second-order valence-corrected chi connectivity index (χ2v) is 24.2. The van der Waals surface area contributed by atoms with Gasteiger partial charge in [-0.3, -0.25) is 0 Å². The van der Waals surface area contributed by atoms with Crippen LogP contribution in [0, 0.1) is 5.82 Å². The van der Waals surface area contributed by atoms with Gasteiger partial charge in [0, 0.05) is 83.6 Å². The Labute approximate surface area is 530 Å². The second-order valence-electron chi connectivity index (χ2n) is 23.2. The Morgan fingerprint density at radius 2 is 0.736 bits per heavy atom. The van der Waals surface area contributed by atoms with Gasteiger partial charge >= 0.3 is 6.18 Å². The van der Waals surface area contributed by atoms with Crippen LogP contribution in [0.15, 0.2) is 319 Å². The summed E-state index contributed by atoms with van der Waals surface area (Å²) in [6.45, 7) is -1.48. The van der Waals surface area contributed by atoms with E-state index in [1.807, 2.05) is 200 Å². The molecule has 5 nitrogen and oxygen atoms in total. The van der Waals surface area contributed by atoms with Gasteiger partial charge in [-0.1, -0.05) is 211 Å². The van der Waals surface area contributed by atoms with Gasteiger partial charge in [-0.15, -0.1) is 0 Å². The fraction of sp³-hybridized carbons (Fsp3) is 0.0127. The number of fused-ring (bicyclic) bond motifs is 8. The number of hydrogen-bond acceptors (Lipinski definition) is 6. The minimum Gasteiger partial charge on any atom is -0.311 e. The van der Waals surface area contributed by atoms with Crippen LogP contribution in [0.3, 0.4) is 0 Å². The SMILES string of the molecule is Fc1cccc(-c2ccccc2)c1N1c2cc(N(c3ccccc3)c3ccccc3)cc3c2B(c2ccccc2N3c2ccccc2)c2cc3c(c(C(F)(F)F)c21)Sc1cc(N(c2ccccc2)c2ccccc2)cc2c1B3c1ccccc1N2c1ccccc1. The van der Waals surface area contributed by atoms with Crippen LogP contribution in [0.2, 0.25) is 0 Å². The fourth-order valence-electron chi connectivity index (χ4n) is 14.5. The summed E-state index contributed by atoms with van der Waals surface area (Å²) in [6, 6.07) is 102. The molecule has 4 heterocycles. The minimum atomic E-state index is -5.02. The highest BCUT2D eigenvalue weighted by molar-refractivity contribution is 8.00. The molecule has 13 aromatic rings. The van der Waals surface area contributed by atoms with Crippen LogP contribution in [0.1, 0.15) is 5.56 Å². The highest BCUT2D eigenvalue weighted by Crippen LogP contribution is 2.56. The Morgan fingerprint density at radius 3 is 1.22 bits per heavy atom. The number of alkyl halides is 3. The molecule has 0 aliphatic carbocycles. The molecule has 0 saturated carbocycles. The molecule has 0 spiro atoms. The van der Waals surface area contributed by atoms with Gasteiger partial charge in [-0.05, 0) is 148 Å². The van der Waals surface area contributed by atoms with Gasteiger partial charge in [0.25, 0.3) is 6.71 Å². The van der Waals surface area contributed by atoms with Crippen LogP contribution >= 0.6 is 11.8 Å². The number of anilines is 15. The molecule has 17 rings (SSSR count). The summed E-state index contributed by atoms with van der Waals surface area (Å²) in [6.07, 6.45) is -5.02. The molecular formula is C79H51B2F4N5S. The highest BCUT2D eigenvalue weighted by atomic mass is 32.2. The Hall–Kier alpha value is -10.9. The summed E-state index contributed by atoms with van der Waals surface area (Å²) < 4.78 is 73.3. The number of nitrogens with zero attached hydrogens (tertiary/aromatic N) is 5. The molecule has 0 atom stereocenters.